The molecule has 4 rings (SSSR count). The van der Waals surface area contributed by atoms with Crippen LogP contribution in [0.25, 0.3) is 22.3 Å². The maximum absolute atomic E-state index is 13.7. The molecule has 0 amide bonds. The number of aryl methyl sites for hydroxylation is 1. The van der Waals surface area contributed by atoms with Gasteiger partial charge in [0.25, 0.3) is 0 Å². The van der Waals surface area contributed by atoms with E-state index in [0.717, 1.165) is 11.6 Å². The number of halogens is 1. The van der Waals surface area contributed by atoms with Gasteiger partial charge in [-0.15, -0.1) is 0 Å². The van der Waals surface area contributed by atoms with Crippen LogP contribution in [0.2, 0.25) is 0 Å². The van der Waals surface area contributed by atoms with E-state index in [0.29, 0.717) is 44.7 Å². The number of nitrogens with two attached hydrogens (primary N) is 1. The molecule has 0 aliphatic heterocycles. The third-order valence-electron chi connectivity index (χ3n) is 6.06. The summed E-state index contributed by atoms with van der Waals surface area (Å²) < 4.78 is 20.0. The molecule has 1 aromatic heterocycles. The van der Waals surface area contributed by atoms with E-state index >= 15 is 0 Å². The van der Waals surface area contributed by atoms with Gasteiger partial charge < -0.3 is 20.6 Å². The van der Waals surface area contributed by atoms with Crippen molar-refractivity contribution >= 4 is 34.5 Å². The van der Waals surface area contributed by atoms with Gasteiger partial charge in [-0.3, -0.25) is 9.79 Å². The number of anilines is 2. The number of nitrogens with one attached hydrogen (secondary N) is 1. The molecule has 1 heterocycles. The summed E-state index contributed by atoms with van der Waals surface area (Å²) in [5.74, 6) is -1.49. The zero-order valence-electron chi connectivity index (χ0n) is 20.3. The van der Waals surface area contributed by atoms with Crippen LogP contribution < -0.4 is 16.5 Å². The molecule has 0 bridgehead atoms. The second-order valence-electron chi connectivity index (χ2n) is 8.71. The third kappa shape index (κ3) is 4.57. The number of nitrogens with zero attached hydrogens (tertiary/aromatic N) is 1. The Bertz CT molecular complexity index is 1590. The summed E-state index contributed by atoms with van der Waals surface area (Å²) in [5, 5.41) is 13.1. The summed E-state index contributed by atoms with van der Waals surface area (Å²) >= 11 is 0. The number of rotatable bonds is 6. The molecule has 0 saturated carbocycles. The molecule has 8 heteroatoms. The summed E-state index contributed by atoms with van der Waals surface area (Å²) in [4.78, 5) is 29.1. The normalized spacial score (nSPS) is 12.2. The summed E-state index contributed by atoms with van der Waals surface area (Å²) in [7, 11) is 1.65. The molecule has 1 unspecified atom stereocenters. The van der Waals surface area contributed by atoms with Crippen molar-refractivity contribution in [3.8, 4) is 11.3 Å². The van der Waals surface area contributed by atoms with Crippen molar-refractivity contribution in [2.75, 3.05) is 18.1 Å². The van der Waals surface area contributed by atoms with Gasteiger partial charge in [0, 0.05) is 46.9 Å². The zero-order chi connectivity index (χ0) is 26.1. The molecule has 0 aliphatic carbocycles. The number of carboxylic acids is 1. The minimum absolute atomic E-state index is 0.168. The second kappa shape index (κ2) is 9.65. The summed E-state index contributed by atoms with van der Waals surface area (Å²) in [6, 6.07) is 12.0. The van der Waals surface area contributed by atoms with Crippen LogP contribution in [0.15, 0.2) is 62.7 Å². The molecule has 184 valence electrons. The molecule has 0 aliphatic rings. The topological polar surface area (TPSA) is 118 Å². The summed E-state index contributed by atoms with van der Waals surface area (Å²) in [6.45, 7) is 5.41. The monoisotopic (exact) mass is 487 g/mol. The lowest BCUT2D eigenvalue weighted by molar-refractivity contribution is 0.0697. The Morgan fingerprint density at radius 3 is 2.61 bits per heavy atom. The molecule has 4 N–H and O–H groups in total. The number of hydrogen-bond donors (Lipinski definition) is 3. The van der Waals surface area contributed by atoms with Crippen LogP contribution in [0, 0.1) is 19.7 Å². The predicted molar refractivity (Wildman–Crippen MR) is 141 cm³/mol. The van der Waals surface area contributed by atoms with Gasteiger partial charge in [-0.25, -0.2) is 9.18 Å². The summed E-state index contributed by atoms with van der Waals surface area (Å²) in [6.07, 6.45) is 1.64. The Kier molecular flexibility index (Phi) is 6.61. The third-order valence-corrected chi connectivity index (χ3v) is 6.06. The Balaban J connectivity index is 1.90. The molecule has 36 heavy (non-hydrogen) atoms. The van der Waals surface area contributed by atoms with Crippen molar-refractivity contribution < 1.29 is 18.7 Å². The fraction of sp³-hybridized carbons (Fsp3) is 0.179. The number of aromatic carboxylic acids is 1. The van der Waals surface area contributed by atoms with E-state index in [9.17, 15) is 19.1 Å². The van der Waals surface area contributed by atoms with E-state index in [-0.39, 0.29) is 16.7 Å². The number of fused-ring (bicyclic) bond motifs is 1. The van der Waals surface area contributed by atoms with Crippen molar-refractivity contribution in [2.45, 2.75) is 26.8 Å². The number of carboxylic acid groups (broad SMARTS) is 1. The van der Waals surface area contributed by atoms with Crippen LogP contribution in [-0.4, -0.2) is 24.3 Å². The standard InChI is InChI=1S/C28H26FN3O4/c1-14-9-20(16(3)32-24-8-6-19(29)12-21(24)28(34)35)27-22(10-14)25(33)15(2)26(36-27)17-5-7-23(30)18(11-17)13-31-4/h5-13,16,32H,30H2,1-4H3,(H,34,35). The van der Waals surface area contributed by atoms with Crippen molar-refractivity contribution in [1.29, 1.82) is 0 Å². The smallest absolute Gasteiger partial charge is 0.337 e. The molecule has 0 saturated heterocycles. The molecule has 1 atom stereocenters. The highest BCUT2D eigenvalue weighted by Gasteiger charge is 2.21. The minimum Gasteiger partial charge on any atom is -0.478 e. The van der Waals surface area contributed by atoms with Crippen molar-refractivity contribution in [1.82, 2.24) is 0 Å². The molecule has 7 nitrogen and oxygen atoms in total. The number of benzene rings is 3. The van der Waals surface area contributed by atoms with Gasteiger partial charge in [-0.05, 0) is 68.8 Å². The first-order chi connectivity index (χ1) is 17.1. The zero-order valence-corrected chi connectivity index (χ0v) is 20.3. The van der Waals surface area contributed by atoms with E-state index in [1.54, 1.807) is 38.4 Å². The maximum atomic E-state index is 13.7. The lowest BCUT2D eigenvalue weighted by atomic mass is 9.98. The van der Waals surface area contributed by atoms with Crippen LogP contribution in [0.4, 0.5) is 15.8 Å². The van der Waals surface area contributed by atoms with Crippen molar-refractivity contribution in [3.63, 3.8) is 0 Å². The van der Waals surface area contributed by atoms with Crippen LogP contribution in [0.5, 0.6) is 0 Å². The number of nitrogen functional groups attached to an aromatic ring is 1. The van der Waals surface area contributed by atoms with E-state index in [4.69, 9.17) is 10.2 Å². The van der Waals surface area contributed by atoms with E-state index in [1.165, 1.54) is 12.1 Å². The van der Waals surface area contributed by atoms with E-state index < -0.39 is 17.8 Å². The maximum Gasteiger partial charge on any atom is 0.337 e. The first-order valence-corrected chi connectivity index (χ1v) is 11.3. The fourth-order valence-electron chi connectivity index (χ4n) is 4.26. The van der Waals surface area contributed by atoms with Crippen LogP contribution in [0.3, 0.4) is 0 Å². The van der Waals surface area contributed by atoms with Crippen LogP contribution in [-0.2, 0) is 0 Å². The molecule has 0 fully saturated rings. The highest BCUT2D eigenvalue weighted by Crippen LogP contribution is 2.33. The molecular formula is C28H26FN3O4. The van der Waals surface area contributed by atoms with Gasteiger partial charge in [-0.1, -0.05) is 6.07 Å². The highest BCUT2D eigenvalue weighted by atomic mass is 19.1. The fourth-order valence-corrected chi connectivity index (χ4v) is 4.26. The molecule has 4 aromatic rings. The lowest BCUT2D eigenvalue weighted by Crippen LogP contribution is -2.14. The molecule has 0 radical (unpaired) electrons. The van der Waals surface area contributed by atoms with Gasteiger partial charge in [0.15, 0.2) is 5.43 Å². The largest absolute Gasteiger partial charge is 0.478 e. The Morgan fingerprint density at radius 1 is 1.17 bits per heavy atom. The Morgan fingerprint density at radius 2 is 1.92 bits per heavy atom. The first-order valence-electron chi connectivity index (χ1n) is 11.3. The predicted octanol–water partition coefficient (Wildman–Crippen LogP) is 5.72. The minimum atomic E-state index is -1.25. The van der Waals surface area contributed by atoms with Crippen LogP contribution >= 0.6 is 0 Å². The van der Waals surface area contributed by atoms with Crippen molar-refractivity contribution in [3.05, 3.63) is 92.4 Å². The molecule has 0 spiro atoms. The van der Waals surface area contributed by atoms with Gasteiger partial charge >= 0.3 is 5.97 Å². The highest BCUT2D eigenvalue weighted by molar-refractivity contribution is 5.94. The van der Waals surface area contributed by atoms with E-state index in [1.807, 2.05) is 26.0 Å². The van der Waals surface area contributed by atoms with E-state index in [2.05, 4.69) is 10.3 Å². The molecule has 3 aromatic carbocycles. The Labute approximate surface area is 207 Å². The lowest BCUT2D eigenvalue weighted by Gasteiger charge is -2.20. The average Bonchev–Trinajstić information content (AvgIpc) is 2.83. The van der Waals surface area contributed by atoms with Crippen LogP contribution in [0.1, 0.15) is 45.6 Å². The average molecular weight is 488 g/mol. The van der Waals surface area contributed by atoms with Gasteiger partial charge in [0.1, 0.15) is 17.2 Å². The van der Waals surface area contributed by atoms with Gasteiger partial charge in [0.2, 0.25) is 0 Å². The SMILES string of the molecule is CN=Cc1cc(-c2oc3c(C(C)Nc4ccc(F)cc4C(=O)O)cc(C)cc3c(=O)c2C)ccc1N. The number of hydrogen-bond acceptors (Lipinski definition) is 6. The first kappa shape index (κ1) is 24.7. The summed E-state index contributed by atoms with van der Waals surface area (Å²) in [5.41, 5.74) is 10.2. The van der Waals surface area contributed by atoms with Gasteiger partial charge in [0.05, 0.1) is 17.0 Å². The quantitative estimate of drug-likeness (QED) is 0.237. The second-order valence-corrected chi connectivity index (χ2v) is 8.71. The molecular weight excluding hydrogens is 461 g/mol. The van der Waals surface area contributed by atoms with Gasteiger partial charge in [-0.2, -0.15) is 0 Å². The number of aliphatic imine (C=N–C) groups is 1. The van der Waals surface area contributed by atoms with Crippen molar-refractivity contribution in [2.24, 2.45) is 4.99 Å². The Hall–Kier alpha value is -4.46. The number of carbonyl (C=O) groups is 1.